The molecule has 3 heterocycles. The van der Waals surface area contributed by atoms with Crippen molar-refractivity contribution in [3.63, 3.8) is 0 Å². The molecule has 1 atom stereocenters. The van der Waals surface area contributed by atoms with Gasteiger partial charge in [-0.1, -0.05) is 23.5 Å². The lowest BCUT2D eigenvalue weighted by molar-refractivity contribution is -0.125. The van der Waals surface area contributed by atoms with Gasteiger partial charge in [-0.2, -0.15) is 0 Å². The molecule has 1 amide bonds. The van der Waals surface area contributed by atoms with Gasteiger partial charge in [0.15, 0.2) is 5.13 Å². The summed E-state index contributed by atoms with van der Waals surface area (Å²) in [4.78, 5) is 24.6. The molecule has 0 unspecified atom stereocenters. The molecule has 134 valence electrons. The minimum atomic E-state index is -0.270. The van der Waals surface area contributed by atoms with E-state index < -0.39 is 0 Å². The van der Waals surface area contributed by atoms with Crippen LogP contribution in [0.25, 0.3) is 10.3 Å². The van der Waals surface area contributed by atoms with Gasteiger partial charge >= 0.3 is 0 Å². The lowest BCUT2D eigenvalue weighted by atomic mass is 9.97. The van der Waals surface area contributed by atoms with Crippen LogP contribution in [0.4, 0.5) is 9.52 Å². The van der Waals surface area contributed by atoms with Gasteiger partial charge in [0.2, 0.25) is 5.91 Å². The van der Waals surface area contributed by atoms with Crippen LogP contribution in [0, 0.1) is 11.7 Å². The molecule has 1 saturated heterocycles. The van der Waals surface area contributed by atoms with Crippen molar-refractivity contribution in [2.45, 2.75) is 19.4 Å². The number of hydrogen-bond acceptors (Lipinski definition) is 5. The quantitative estimate of drug-likeness (QED) is 0.765. The van der Waals surface area contributed by atoms with Gasteiger partial charge in [0.05, 0.1) is 5.92 Å². The molecule has 1 aliphatic heterocycles. The fourth-order valence-electron chi connectivity index (χ4n) is 3.19. The number of carbonyl (C=O) groups is 1. The summed E-state index contributed by atoms with van der Waals surface area (Å²) >= 11 is 1.57. The van der Waals surface area contributed by atoms with E-state index in [0.717, 1.165) is 40.4 Å². The summed E-state index contributed by atoms with van der Waals surface area (Å²) in [5.74, 6) is -0.296. The molecule has 0 aliphatic carbocycles. The van der Waals surface area contributed by atoms with E-state index >= 15 is 0 Å². The predicted molar refractivity (Wildman–Crippen MR) is 101 cm³/mol. The van der Waals surface area contributed by atoms with Crippen molar-refractivity contribution in [3.8, 4) is 0 Å². The van der Waals surface area contributed by atoms with E-state index in [1.165, 1.54) is 12.1 Å². The molecule has 26 heavy (non-hydrogen) atoms. The van der Waals surface area contributed by atoms with Crippen LogP contribution in [0.5, 0.6) is 0 Å². The molecule has 0 bridgehead atoms. The standard InChI is InChI=1S/C19H19FN4OS/c20-15-7-5-13(6-8-15)11-22-17(25)14-3-2-10-24(12-14)19-23-16-4-1-9-21-18(16)26-19/h1,4-9,14H,2-3,10-12H2,(H,22,25)/t14-/m1/s1. The first-order valence-corrected chi connectivity index (χ1v) is 9.49. The van der Waals surface area contributed by atoms with Crippen LogP contribution in [-0.4, -0.2) is 29.0 Å². The second-order valence-electron chi connectivity index (χ2n) is 6.45. The van der Waals surface area contributed by atoms with E-state index in [0.29, 0.717) is 13.1 Å². The molecule has 3 aromatic rings. The van der Waals surface area contributed by atoms with Gasteiger partial charge in [0, 0.05) is 25.8 Å². The number of nitrogens with one attached hydrogen (secondary N) is 1. The molecule has 4 rings (SSSR count). The molecular formula is C19H19FN4OS. The minimum Gasteiger partial charge on any atom is -0.352 e. The van der Waals surface area contributed by atoms with E-state index in [-0.39, 0.29) is 17.6 Å². The molecule has 0 spiro atoms. The number of benzene rings is 1. The average Bonchev–Trinajstić information content (AvgIpc) is 3.12. The van der Waals surface area contributed by atoms with Gasteiger partial charge in [-0.3, -0.25) is 4.79 Å². The highest BCUT2D eigenvalue weighted by Crippen LogP contribution is 2.30. The normalized spacial score (nSPS) is 17.4. The van der Waals surface area contributed by atoms with Crippen molar-refractivity contribution < 1.29 is 9.18 Å². The number of pyridine rings is 1. The van der Waals surface area contributed by atoms with Gasteiger partial charge < -0.3 is 10.2 Å². The lowest BCUT2D eigenvalue weighted by Gasteiger charge is -2.31. The summed E-state index contributed by atoms with van der Waals surface area (Å²) < 4.78 is 13.0. The number of rotatable bonds is 4. The second kappa shape index (κ2) is 7.37. The van der Waals surface area contributed by atoms with Crippen molar-refractivity contribution in [2.75, 3.05) is 18.0 Å². The van der Waals surface area contributed by atoms with Gasteiger partial charge in [0.1, 0.15) is 16.2 Å². The second-order valence-corrected chi connectivity index (χ2v) is 7.41. The number of fused-ring (bicyclic) bond motifs is 1. The highest BCUT2D eigenvalue weighted by molar-refractivity contribution is 7.21. The van der Waals surface area contributed by atoms with E-state index in [1.54, 1.807) is 29.7 Å². The Bertz CT molecular complexity index is 878. The summed E-state index contributed by atoms with van der Waals surface area (Å²) in [5.41, 5.74) is 1.79. The van der Waals surface area contributed by atoms with E-state index in [2.05, 4.69) is 20.2 Å². The zero-order valence-corrected chi connectivity index (χ0v) is 15.0. The van der Waals surface area contributed by atoms with Crippen LogP contribution in [0.15, 0.2) is 42.6 Å². The van der Waals surface area contributed by atoms with E-state index in [9.17, 15) is 9.18 Å². The largest absolute Gasteiger partial charge is 0.352 e. The van der Waals surface area contributed by atoms with Gasteiger partial charge in [-0.15, -0.1) is 0 Å². The van der Waals surface area contributed by atoms with Crippen LogP contribution < -0.4 is 10.2 Å². The summed E-state index contributed by atoms with van der Waals surface area (Å²) in [6.45, 7) is 1.98. The molecule has 2 aromatic heterocycles. The molecular weight excluding hydrogens is 351 g/mol. The number of hydrogen-bond donors (Lipinski definition) is 1. The summed E-state index contributed by atoms with van der Waals surface area (Å²) in [7, 11) is 0. The van der Waals surface area contributed by atoms with Gasteiger partial charge in [-0.05, 0) is 42.7 Å². The third-order valence-corrected chi connectivity index (χ3v) is 5.64. The first-order valence-electron chi connectivity index (χ1n) is 8.68. The zero-order chi connectivity index (χ0) is 17.9. The number of piperidine rings is 1. The first kappa shape index (κ1) is 16.9. The Morgan fingerprint density at radius 2 is 2.15 bits per heavy atom. The Morgan fingerprint density at radius 3 is 2.96 bits per heavy atom. The smallest absolute Gasteiger partial charge is 0.225 e. The van der Waals surface area contributed by atoms with Crippen LogP contribution in [-0.2, 0) is 11.3 Å². The molecule has 1 N–H and O–H groups in total. The summed E-state index contributed by atoms with van der Waals surface area (Å²) in [5, 5.41) is 3.90. The predicted octanol–water partition coefficient (Wildman–Crippen LogP) is 3.36. The zero-order valence-electron chi connectivity index (χ0n) is 14.2. The highest BCUT2D eigenvalue weighted by atomic mass is 32.1. The fraction of sp³-hybridized carbons (Fsp3) is 0.316. The third-order valence-electron chi connectivity index (χ3n) is 4.60. The Balaban J connectivity index is 1.39. The van der Waals surface area contributed by atoms with Crippen molar-refractivity contribution in [1.82, 2.24) is 15.3 Å². The van der Waals surface area contributed by atoms with Crippen molar-refractivity contribution in [1.29, 1.82) is 0 Å². The maximum atomic E-state index is 13.0. The molecule has 1 fully saturated rings. The van der Waals surface area contributed by atoms with Crippen LogP contribution >= 0.6 is 11.3 Å². The topological polar surface area (TPSA) is 58.1 Å². The van der Waals surface area contributed by atoms with Crippen molar-refractivity contribution >= 4 is 32.7 Å². The molecule has 0 saturated carbocycles. The lowest BCUT2D eigenvalue weighted by Crippen LogP contribution is -2.42. The number of aromatic nitrogens is 2. The Kier molecular flexibility index (Phi) is 4.79. The summed E-state index contributed by atoms with van der Waals surface area (Å²) in [6, 6.07) is 10.0. The number of nitrogens with zero attached hydrogens (tertiary/aromatic N) is 3. The highest BCUT2D eigenvalue weighted by Gasteiger charge is 2.27. The van der Waals surface area contributed by atoms with Crippen LogP contribution in [0.3, 0.4) is 0 Å². The maximum Gasteiger partial charge on any atom is 0.225 e. The molecule has 5 nitrogen and oxygen atoms in total. The van der Waals surface area contributed by atoms with Crippen LogP contribution in [0.2, 0.25) is 0 Å². The first-order chi connectivity index (χ1) is 12.7. The number of carbonyl (C=O) groups excluding carboxylic acids is 1. The monoisotopic (exact) mass is 370 g/mol. The van der Waals surface area contributed by atoms with Crippen LogP contribution in [0.1, 0.15) is 18.4 Å². The fourth-order valence-corrected chi connectivity index (χ4v) is 4.14. The molecule has 1 aromatic carbocycles. The Hall–Kier alpha value is -2.54. The molecule has 0 radical (unpaired) electrons. The third kappa shape index (κ3) is 3.67. The Morgan fingerprint density at radius 1 is 1.31 bits per heavy atom. The minimum absolute atomic E-state index is 0.0401. The molecule has 7 heteroatoms. The Labute approximate surface area is 154 Å². The maximum absolute atomic E-state index is 13.0. The van der Waals surface area contributed by atoms with Gasteiger partial charge in [0.25, 0.3) is 0 Å². The average molecular weight is 370 g/mol. The number of amides is 1. The SMILES string of the molecule is O=C(NCc1ccc(F)cc1)[C@@H]1CCCN(c2nc3cccnc3s2)C1. The van der Waals surface area contributed by atoms with Crippen molar-refractivity contribution in [3.05, 3.63) is 54.0 Å². The summed E-state index contributed by atoms with van der Waals surface area (Å²) in [6.07, 6.45) is 3.60. The van der Waals surface area contributed by atoms with E-state index in [4.69, 9.17) is 0 Å². The van der Waals surface area contributed by atoms with Crippen molar-refractivity contribution in [2.24, 2.45) is 5.92 Å². The van der Waals surface area contributed by atoms with Gasteiger partial charge in [-0.25, -0.2) is 14.4 Å². The number of halogens is 1. The van der Waals surface area contributed by atoms with E-state index in [1.807, 2.05) is 12.1 Å². The molecule has 1 aliphatic rings. The number of anilines is 1. The number of thiazole rings is 1.